The first-order chi connectivity index (χ1) is 13.3. The third-order valence-corrected chi connectivity index (χ3v) is 4.13. The van der Waals surface area contributed by atoms with Gasteiger partial charge in [-0.25, -0.2) is 28.8 Å². The van der Waals surface area contributed by atoms with Crippen LogP contribution in [0.5, 0.6) is 0 Å². The maximum absolute atomic E-state index is 11.8. The summed E-state index contributed by atoms with van der Waals surface area (Å²) in [6.07, 6.45) is 0. The summed E-state index contributed by atoms with van der Waals surface area (Å²) in [5, 5.41) is 53.4. The minimum absolute atomic E-state index is 0.500. The Morgan fingerprint density at radius 1 is 0.517 bits per heavy atom. The minimum atomic E-state index is -2.20. The Hall–Kier alpha value is -4.19. The van der Waals surface area contributed by atoms with E-state index in [0.29, 0.717) is 6.07 Å². The van der Waals surface area contributed by atoms with Gasteiger partial charge in [-0.2, -0.15) is 0 Å². The van der Waals surface area contributed by atoms with Crippen molar-refractivity contribution in [2.75, 3.05) is 0 Å². The third-order valence-electron chi connectivity index (χ3n) is 3.83. The highest BCUT2D eigenvalue weighted by molar-refractivity contribution is 6.38. The van der Waals surface area contributed by atoms with E-state index in [4.69, 9.17) is 11.6 Å². The average Bonchev–Trinajstić information content (AvgIpc) is 2.57. The highest BCUT2D eigenvalue weighted by Gasteiger charge is 2.37. The number of hydrogen-bond acceptors (Lipinski definition) is 6. The van der Waals surface area contributed by atoms with Gasteiger partial charge in [0, 0.05) is 10.8 Å². The van der Waals surface area contributed by atoms with E-state index in [1.165, 1.54) is 0 Å². The van der Waals surface area contributed by atoms with Crippen molar-refractivity contribution in [3.05, 3.63) is 44.5 Å². The van der Waals surface area contributed by atoms with Crippen LogP contribution in [-0.2, 0) is 0 Å². The molecule has 0 atom stereocenters. The Kier molecular flexibility index (Phi) is 5.16. The lowest BCUT2D eigenvalue weighted by atomic mass is 9.84. The number of aromatic carboxylic acids is 6. The summed E-state index contributed by atoms with van der Waals surface area (Å²) in [5.41, 5.74) is -8.06. The number of rotatable bonds is 6. The van der Waals surface area contributed by atoms with Crippen molar-refractivity contribution in [1.29, 1.82) is 0 Å². The largest absolute Gasteiger partial charge is 0.478 e. The van der Waals surface area contributed by atoms with E-state index in [1.54, 1.807) is 0 Å². The predicted molar refractivity (Wildman–Crippen MR) is 90.7 cm³/mol. The fourth-order valence-corrected chi connectivity index (χ4v) is 3.18. The maximum Gasteiger partial charge on any atom is 0.337 e. The number of halogens is 1. The molecule has 2 aromatic carbocycles. The van der Waals surface area contributed by atoms with Gasteiger partial charge in [-0.15, -0.1) is 0 Å². The summed E-state index contributed by atoms with van der Waals surface area (Å²) < 4.78 is 0. The molecule has 0 aliphatic rings. The molecule has 0 aliphatic carbocycles. The second-order valence-corrected chi connectivity index (χ2v) is 5.77. The van der Waals surface area contributed by atoms with Crippen LogP contribution < -0.4 is 0 Å². The van der Waals surface area contributed by atoms with Crippen molar-refractivity contribution >= 4 is 58.2 Å². The third kappa shape index (κ3) is 3.17. The van der Waals surface area contributed by atoms with Crippen LogP contribution in [0, 0.1) is 0 Å². The molecule has 6 N–H and O–H groups in total. The highest BCUT2D eigenvalue weighted by Crippen LogP contribution is 2.39. The molecule has 0 saturated carbocycles. The molecule has 0 heterocycles. The van der Waals surface area contributed by atoms with Gasteiger partial charge in [-0.3, -0.25) is 0 Å². The van der Waals surface area contributed by atoms with Gasteiger partial charge in [0.05, 0.1) is 38.4 Å². The summed E-state index contributed by atoms with van der Waals surface area (Å²) in [7, 11) is 0. The van der Waals surface area contributed by atoms with Crippen LogP contribution in [0.1, 0.15) is 62.1 Å². The molecule has 0 spiro atoms. The monoisotopic (exact) mass is 426 g/mol. The summed E-state index contributed by atoms with van der Waals surface area (Å²) in [6.45, 7) is 0. The van der Waals surface area contributed by atoms with Crippen LogP contribution >= 0.6 is 11.6 Å². The Bertz CT molecular complexity index is 1180. The Morgan fingerprint density at radius 3 is 1.17 bits per heavy atom. The number of hydrogen-bond donors (Lipinski definition) is 6. The van der Waals surface area contributed by atoms with Crippen molar-refractivity contribution in [2.24, 2.45) is 0 Å². The molecule has 0 radical (unpaired) electrons. The molecule has 12 nitrogen and oxygen atoms in total. The van der Waals surface area contributed by atoms with Crippen molar-refractivity contribution < 1.29 is 59.4 Å². The second kappa shape index (κ2) is 7.09. The molecule has 0 fully saturated rings. The molecule has 13 heteroatoms. The Labute approximate surface area is 162 Å². The lowest BCUT2D eigenvalue weighted by Crippen LogP contribution is -2.22. The molecule has 29 heavy (non-hydrogen) atoms. The van der Waals surface area contributed by atoms with Gasteiger partial charge >= 0.3 is 35.8 Å². The first-order valence-electron chi connectivity index (χ1n) is 7.08. The molecule has 0 saturated heterocycles. The van der Waals surface area contributed by atoms with Gasteiger partial charge in [0.1, 0.15) is 0 Å². The lowest BCUT2D eigenvalue weighted by molar-refractivity contribution is 0.0621. The van der Waals surface area contributed by atoms with Crippen molar-refractivity contribution in [2.45, 2.75) is 0 Å². The Balaban J connectivity index is 3.61. The van der Waals surface area contributed by atoms with E-state index in [-0.39, 0.29) is 0 Å². The molecule has 0 aliphatic heterocycles. The van der Waals surface area contributed by atoms with E-state index in [9.17, 15) is 59.4 Å². The number of fused-ring (bicyclic) bond motifs is 1. The van der Waals surface area contributed by atoms with E-state index < -0.39 is 85.0 Å². The topological polar surface area (TPSA) is 224 Å². The van der Waals surface area contributed by atoms with Crippen molar-refractivity contribution in [3.63, 3.8) is 0 Å². The van der Waals surface area contributed by atoms with Gasteiger partial charge < -0.3 is 30.6 Å². The molecular formula is C16H7ClO12. The first-order valence-corrected chi connectivity index (χ1v) is 7.46. The smallest absolute Gasteiger partial charge is 0.337 e. The summed E-state index contributed by atoms with van der Waals surface area (Å²) in [5.74, 6) is -12.5. The molecule has 0 unspecified atom stereocenters. The van der Waals surface area contributed by atoms with Crippen molar-refractivity contribution in [3.8, 4) is 0 Å². The van der Waals surface area contributed by atoms with Gasteiger partial charge in [-0.05, 0) is 6.07 Å². The molecule has 0 aromatic heterocycles. The minimum Gasteiger partial charge on any atom is -0.478 e. The van der Waals surface area contributed by atoms with E-state index >= 15 is 0 Å². The van der Waals surface area contributed by atoms with E-state index in [0.717, 1.165) is 0 Å². The Morgan fingerprint density at radius 2 is 0.862 bits per heavy atom. The summed E-state index contributed by atoms with van der Waals surface area (Å²) in [4.78, 5) is 70.0. The number of carboxylic acids is 6. The van der Waals surface area contributed by atoms with Gasteiger partial charge in [0.15, 0.2) is 0 Å². The van der Waals surface area contributed by atoms with Gasteiger partial charge in [0.2, 0.25) is 0 Å². The number of carbonyl (C=O) groups is 6. The number of benzene rings is 2. The molecule has 2 aromatic rings. The zero-order chi connectivity index (χ0) is 22.4. The second-order valence-electron chi connectivity index (χ2n) is 5.36. The van der Waals surface area contributed by atoms with Crippen LogP contribution in [-0.4, -0.2) is 66.5 Å². The van der Waals surface area contributed by atoms with Crippen LogP contribution in [0.4, 0.5) is 0 Å². The average molecular weight is 427 g/mol. The molecule has 150 valence electrons. The molecule has 0 bridgehead atoms. The van der Waals surface area contributed by atoms with Gasteiger partial charge in [-0.1, -0.05) is 11.6 Å². The summed E-state index contributed by atoms with van der Waals surface area (Å²) in [6, 6.07) is 0.500. The van der Waals surface area contributed by atoms with Gasteiger partial charge in [0.25, 0.3) is 0 Å². The fourth-order valence-electron chi connectivity index (χ4n) is 2.89. The quantitative estimate of drug-likeness (QED) is 0.388. The summed E-state index contributed by atoms with van der Waals surface area (Å²) >= 11 is 5.74. The van der Waals surface area contributed by atoms with Crippen LogP contribution in [0.15, 0.2) is 6.07 Å². The standard InChI is InChI=1S/C16H7ClO12/c17-3-1-2(11(18)19)4-6(5(3)12(20)21)8(14(24)25)10(16(28)29)9(15(26)27)7(4)13(22)23/h1H,(H,18,19)(H,20,21)(H,22,23)(H,24,25)(H,26,27)(H,28,29). The maximum atomic E-state index is 11.8. The fraction of sp³-hybridized carbons (Fsp3) is 0. The first kappa shape index (κ1) is 21.1. The molecule has 2 rings (SSSR count). The lowest BCUT2D eigenvalue weighted by Gasteiger charge is -2.18. The zero-order valence-corrected chi connectivity index (χ0v) is 14.3. The van der Waals surface area contributed by atoms with E-state index in [2.05, 4.69) is 0 Å². The normalized spacial score (nSPS) is 10.5. The van der Waals surface area contributed by atoms with Crippen LogP contribution in [0.3, 0.4) is 0 Å². The van der Waals surface area contributed by atoms with Crippen LogP contribution in [0.2, 0.25) is 5.02 Å². The van der Waals surface area contributed by atoms with E-state index in [1.807, 2.05) is 0 Å². The van der Waals surface area contributed by atoms with Crippen LogP contribution in [0.25, 0.3) is 10.8 Å². The SMILES string of the molecule is O=C(O)c1c(C(=O)O)c(C(=O)O)c2c(C(=O)O)c(Cl)cc(C(=O)O)c2c1C(=O)O. The molecular weight excluding hydrogens is 420 g/mol. The van der Waals surface area contributed by atoms with Crippen molar-refractivity contribution in [1.82, 2.24) is 0 Å². The predicted octanol–water partition coefficient (Wildman–Crippen LogP) is 1.68. The zero-order valence-electron chi connectivity index (χ0n) is 13.6. The molecule has 0 amide bonds. The number of carboxylic acid groups (broad SMARTS) is 6. The highest BCUT2D eigenvalue weighted by atomic mass is 35.5.